The van der Waals surface area contributed by atoms with Gasteiger partial charge in [-0.2, -0.15) is 0 Å². The van der Waals surface area contributed by atoms with Crippen molar-refractivity contribution >= 4 is 11.9 Å². The fourth-order valence-electron chi connectivity index (χ4n) is 1.53. The number of methoxy groups -OCH3 is 2. The minimum Gasteiger partial charge on any atom is -0.469 e. The first kappa shape index (κ1) is 16.9. The number of hydrogen-bond acceptors (Lipinski definition) is 5. The molecule has 6 nitrogen and oxygen atoms in total. The van der Waals surface area contributed by atoms with Gasteiger partial charge in [0.15, 0.2) is 0 Å². The molecule has 0 heterocycles. The van der Waals surface area contributed by atoms with Gasteiger partial charge in [0.1, 0.15) is 0 Å². The molecule has 0 saturated carbocycles. The van der Waals surface area contributed by atoms with Gasteiger partial charge in [0.05, 0.1) is 13.2 Å². The Balaban J connectivity index is 3.83. The number of rotatable bonds is 9. The van der Waals surface area contributed by atoms with Gasteiger partial charge in [-0.1, -0.05) is 0 Å². The van der Waals surface area contributed by atoms with E-state index in [1.54, 1.807) is 19.1 Å². The molecule has 1 atom stereocenters. The van der Waals surface area contributed by atoms with Gasteiger partial charge in [-0.05, 0) is 19.3 Å². The molecule has 0 rings (SSSR count). The van der Waals surface area contributed by atoms with Crippen LogP contribution in [-0.4, -0.2) is 57.2 Å². The Morgan fingerprint density at radius 3 is 2.50 bits per heavy atom. The summed E-state index contributed by atoms with van der Waals surface area (Å²) in [5, 5.41) is 0. The molecule has 0 aromatic heterocycles. The highest BCUT2D eigenvalue weighted by atomic mass is 16.5. The third kappa shape index (κ3) is 7.24. The van der Waals surface area contributed by atoms with Gasteiger partial charge in [0.2, 0.25) is 5.91 Å². The van der Waals surface area contributed by atoms with Crippen LogP contribution in [0.25, 0.3) is 0 Å². The molecule has 1 amide bonds. The molecular formula is C12H24N2O4. The van der Waals surface area contributed by atoms with E-state index in [2.05, 4.69) is 4.74 Å². The van der Waals surface area contributed by atoms with E-state index in [9.17, 15) is 9.59 Å². The van der Waals surface area contributed by atoms with Crippen molar-refractivity contribution in [1.29, 1.82) is 0 Å². The molecule has 0 spiro atoms. The average Bonchev–Trinajstić information content (AvgIpc) is 2.37. The van der Waals surface area contributed by atoms with Crippen LogP contribution in [-0.2, 0) is 19.1 Å². The number of amides is 1. The maximum Gasteiger partial charge on any atom is 0.305 e. The first-order chi connectivity index (χ1) is 8.52. The summed E-state index contributed by atoms with van der Waals surface area (Å²) in [5.41, 5.74) is 5.78. The number of ether oxygens (including phenoxy) is 2. The van der Waals surface area contributed by atoms with Gasteiger partial charge >= 0.3 is 5.97 Å². The Bertz CT molecular complexity index is 258. The number of nitrogens with two attached hydrogens (primary N) is 1. The summed E-state index contributed by atoms with van der Waals surface area (Å²) in [6.45, 7) is 1.11. The molecule has 0 saturated heterocycles. The zero-order chi connectivity index (χ0) is 14.0. The molecule has 0 aliphatic heterocycles. The van der Waals surface area contributed by atoms with Crippen LogP contribution < -0.4 is 5.73 Å². The summed E-state index contributed by atoms with van der Waals surface area (Å²) >= 11 is 0. The molecule has 0 aromatic carbocycles. The predicted octanol–water partition coefficient (Wildman–Crippen LogP) is 0.152. The van der Waals surface area contributed by atoms with Crippen LogP contribution in [0.4, 0.5) is 0 Å². The highest BCUT2D eigenvalue weighted by molar-refractivity contribution is 5.81. The molecule has 6 heteroatoms. The molecule has 0 fully saturated rings. The number of nitrogens with zero attached hydrogens (tertiary/aromatic N) is 1. The molecule has 1 unspecified atom stereocenters. The molecular weight excluding hydrogens is 236 g/mol. The lowest BCUT2D eigenvalue weighted by Gasteiger charge is -2.21. The lowest BCUT2D eigenvalue weighted by atomic mass is 10.1. The van der Waals surface area contributed by atoms with Gasteiger partial charge in [0, 0.05) is 33.7 Å². The topological polar surface area (TPSA) is 81.9 Å². The molecule has 106 valence electrons. The van der Waals surface area contributed by atoms with Crippen molar-refractivity contribution in [3.63, 3.8) is 0 Å². The molecule has 0 aliphatic carbocycles. The van der Waals surface area contributed by atoms with Gasteiger partial charge in [0.25, 0.3) is 0 Å². The van der Waals surface area contributed by atoms with E-state index in [1.165, 1.54) is 7.11 Å². The van der Waals surface area contributed by atoms with Crippen molar-refractivity contribution in [2.45, 2.75) is 31.7 Å². The Morgan fingerprint density at radius 1 is 1.28 bits per heavy atom. The lowest BCUT2D eigenvalue weighted by Crippen LogP contribution is -2.42. The second-order valence-electron chi connectivity index (χ2n) is 4.18. The predicted molar refractivity (Wildman–Crippen MR) is 68.0 cm³/mol. The van der Waals surface area contributed by atoms with E-state index < -0.39 is 6.04 Å². The Labute approximate surface area is 108 Å². The minimum atomic E-state index is -0.497. The number of esters is 1. The summed E-state index contributed by atoms with van der Waals surface area (Å²) < 4.78 is 9.43. The normalized spacial score (nSPS) is 12.0. The SMILES string of the molecule is COCCCC(N)C(=O)N(C)CCCC(=O)OC. The fourth-order valence-corrected chi connectivity index (χ4v) is 1.53. The highest BCUT2D eigenvalue weighted by Gasteiger charge is 2.17. The van der Waals surface area contributed by atoms with Crippen LogP contribution in [0.3, 0.4) is 0 Å². The van der Waals surface area contributed by atoms with Crippen LogP contribution in [0.5, 0.6) is 0 Å². The summed E-state index contributed by atoms with van der Waals surface area (Å²) in [7, 11) is 4.66. The monoisotopic (exact) mass is 260 g/mol. The van der Waals surface area contributed by atoms with Crippen molar-refractivity contribution < 1.29 is 19.1 Å². The zero-order valence-electron chi connectivity index (χ0n) is 11.5. The zero-order valence-corrected chi connectivity index (χ0v) is 11.5. The van der Waals surface area contributed by atoms with Crippen molar-refractivity contribution in [3.05, 3.63) is 0 Å². The Kier molecular flexibility index (Phi) is 9.22. The van der Waals surface area contributed by atoms with E-state index in [4.69, 9.17) is 10.5 Å². The third-order valence-corrected chi connectivity index (χ3v) is 2.66. The van der Waals surface area contributed by atoms with Crippen LogP contribution in [0.15, 0.2) is 0 Å². The minimum absolute atomic E-state index is 0.101. The maximum absolute atomic E-state index is 11.8. The summed E-state index contributed by atoms with van der Waals surface area (Å²) in [6, 6.07) is -0.497. The maximum atomic E-state index is 11.8. The first-order valence-corrected chi connectivity index (χ1v) is 6.09. The van der Waals surface area contributed by atoms with Crippen LogP contribution in [0.1, 0.15) is 25.7 Å². The number of likely N-dealkylation sites (N-methyl/N-ethyl adjacent to an activating group) is 1. The fraction of sp³-hybridized carbons (Fsp3) is 0.833. The second-order valence-corrected chi connectivity index (χ2v) is 4.18. The Morgan fingerprint density at radius 2 is 1.94 bits per heavy atom. The summed E-state index contributed by atoms with van der Waals surface area (Å²) in [5.74, 6) is -0.365. The smallest absolute Gasteiger partial charge is 0.305 e. The lowest BCUT2D eigenvalue weighted by molar-refractivity contribution is -0.141. The van der Waals surface area contributed by atoms with E-state index >= 15 is 0 Å². The largest absolute Gasteiger partial charge is 0.469 e. The number of carbonyl (C=O) groups excluding carboxylic acids is 2. The van der Waals surface area contributed by atoms with Gasteiger partial charge in [-0.25, -0.2) is 0 Å². The van der Waals surface area contributed by atoms with E-state index in [0.29, 0.717) is 32.4 Å². The summed E-state index contributed by atoms with van der Waals surface area (Å²) in [4.78, 5) is 24.3. The first-order valence-electron chi connectivity index (χ1n) is 6.09. The molecule has 18 heavy (non-hydrogen) atoms. The van der Waals surface area contributed by atoms with Crippen molar-refractivity contribution in [2.75, 3.05) is 34.4 Å². The summed E-state index contributed by atoms with van der Waals surface area (Å²) in [6.07, 6.45) is 2.26. The van der Waals surface area contributed by atoms with Gasteiger partial charge in [-0.15, -0.1) is 0 Å². The van der Waals surface area contributed by atoms with Crippen LogP contribution in [0.2, 0.25) is 0 Å². The van der Waals surface area contributed by atoms with Crippen LogP contribution >= 0.6 is 0 Å². The number of carbonyl (C=O) groups is 2. The third-order valence-electron chi connectivity index (χ3n) is 2.66. The average molecular weight is 260 g/mol. The molecule has 0 radical (unpaired) electrons. The molecule has 0 bridgehead atoms. The quantitative estimate of drug-likeness (QED) is 0.471. The molecule has 2 N–H and O–H groups in total. The standard InChI is InChI=1S/C12H24N2O4/c1-14(8-4-7-11(15)18-3)12(16)10(13)6-5-9-17-2/h10H,4-9,13H2,1-3H3. The van der Waals surface area contributed by atoms with Crippen LogP contribution in [0, 0.1) is 0 Å². The van der Waals surface area contributed by atoms with Crippen molar-refractivity contribution in [1.82, 2.24) is 4.90 Å². The second kappa shape index (κ2) is 9.85. The van der Waals surface area contributed by atoms with E-state index in [-0.39, 0.29) is 11.9 Å². The van der Waals surface area contributed by atoms with E-state index in [1.807, 2.05) is 0 Å². The molecule has 0 aromatic rings. The Hall–Kier alpha value is -1.14. The highest BCUT2D eigenvalue weighted by Crippen LogP contribution is 2.01. The van der Waals surface area contributed by atoms with Gasteiger partial charge in [-0.3, -0.25) is 9.59 Å². The van der Waals surface area contributed by atoms with Gasteiger partial charge < -0.3 is 20.1 Å². The van der Waals surface area contributed by atoms with E-state index in [0.717, 1.165) is 6.42 Å². The van der Waals surface area contributed by atoms with Crippen molar-refractivity contribution in [3.8, 4) is 0 Å². The number of hydrogen-bond donors (Lipinski definition) is 1. The molecule has 0 aliphatic rings. The van der Waals surface area contributed by atoms with Crippen molar-refractivity contribution in [2.24, 2.45) is 5.73 Å².